The average Bonchev–Trinajstić information content (AvgIpc) is 2.86. The summed E-state index contributed by atoms with van der Waals surface area (Å²) in [5.41, 5.74) is 1.95. The minimum Gasteiger partial charge on any atom is -0.493 e. The van der Waals surface area contributed by atoms with Gasteiger partial charge in [-0.1, -0.05) is 37.2 Å². The first kappa shape index (κ1) is 12.3. The number of ether oxygens (including phenoxy) is 1. The third-order valence-corrected chi connectivity index (χ3v) is 1.93. The van der Waals surface area contributed by atoms with Crippen molar-refractivity contribution in [2.45, 2.75) is 20.8 Å². The molecule has 86 valence electrons. The van der Waals surface area contributed by atoms with Gasteiger partial charge in [0.05, 0.1) is 12.8 Å². The summed E-state index contributed by atoms with van der Waals surface area (Å²) in [6.07, 6.45) is 3.29. The fourth-order valence-corrected chi connectivity index (χ4v) is 1.32. The number of rotatable bonds is 3. The minimum absolute atomic E-state index is 0.655. The molecular formula is C13H17NO2. The van der Waals surface area contributed by atoms with Crippen LogP contribution in [-0.2, 0) is 0 Å². The first-order valence-electron chi connectivity index (χ1n) is 5.53. The Balaban J connectivity index is 0.000000606. The van der Waals surface area contributed by atoms with Crippen LogP contribution in [0.1, 0.15) is 20.8 Å². The molecule has 0 saturated carbocycles. The van der Waals surface area contributed by atoms with Crippen LogP contribution >= 0.6 is 0 Å². The van der Waals surface area contributed by atoms with E-state index in [4.69, 9.17) is 9.26 Å². The second-order valence-electron chi connectivity index (χ2n) is 2.84. The lowest BCUT2D eigenvalue weighted by Gasteiger charge is -2.07. The van der Waals surface area contributed by atoms with E-state index in [9.17, 15) is 0 Å². The van der Waals surface area contributed by atoms with Crippen LogP contribution in [-0.4, -0.2) is 11.8 Å². The Hall–Kier alpha value is -1.77. The molecular weight excluding hydrogens is 202 g/mol. The summed E-state index contributed by atoms with van der Waals surface area (Å²) in [5.74, 6) is 0.859. The molecule has 1 aromatic carbocycles. The van der Waals surface area contributed by atoms with E-state index in [1.807, 2.05) is 45.0 Å². The third-order valence-electron chi connectivity index (χ3n) is 1.93. The van der Waals surface area contributed by atoms with Gasteiger partial charge in [0.25, 0.3) is 0 Å². The molecule has 0 spiro atoms. The molecule has 0 aliphatic heterocycles. The van der Waals surface area contributed by atoms with Gasteiger partial charge >= 0.3 is 0 Å². The smallest absolute Gasteiger partial charge is 0.131 e. The molecule has 1 heterocycles. The van der Waals surface area contributed by atoms with Gasteiger partial charge in [-0.25, -0.2) is 0 Å². The van der Waals surface area contributed by atoms with Crippen molar-refractivity contribution in [2.24, 2.45) is 0 Å². The molecule has 0 N–H and O–H groups in total. The molecule has 0 bridgehead atoms. The van der Waals surface area contributed by atoms with Gasteiger partial charge in [-0.2, -0.15) is 0 Å². The molecule has 0 saturated heterocycles. The molecule has 0 radical (unpaired) electrons. The predicted octanol–water partition coefficient (Wildman–Crippen LogP) is 3.77. The van der Waals surface area contributed by atoms with Crippen LogP contribution < -0.4 is 4.74 Å². The Morgan fingerprint density at radius 2 is 2.00 bits per heavy atom. The lowest BCUT2D eigenvalue weighted by atomic mass is 10.1. The Morgan fingerprint density at radius 1 is 1.25 bits per heavy atom. The normalized spacial score (nSPS) is 9.19. The molecule has 16 heavy (non-hydrogen) atoms. The highest BCUT2D eigenvalue weighted by atomic mass is 16.5. The lowest BCUT2D eigenvalue weighted by Crippen LogP contribution is -1.92. The summed E-state index contributed by atoms with van der Waals surface area (Å²) in [7, 11) is 0. The maximum atomic E-state index is 5.49. The molecule has 1 aromatic heterocycles. The van der Waals surface area contributed by atoms with Crippen LogP contribution in [0.2, 0.25) is 0 Å². The third kappa shape index (κ3) is 2.86. The highest BCUT2D eigenvalue weighted by Gasteiger charge is 2.06. The van der Waals surface area contributed by atoms with Crippen molar-refractivity contribution in [3.8, 4) is 16.9 Å². The van der Waals surface area contributed by atoms with Gasteiger partial charge in [-0.3, -0.25) is 0 Å². The standard InChI is InChI=1S/C11H11NO2.C2H6/c1-2-13-11-6-4-3-5-10(11)9-7-12-14-8-9;1-2/h3-8H,2H2,1H3;1-2H3. The first-order chi connectivity index (χ1) is 7.92. The highest BCUT2D eigenvalue weighted by Crippen LogP contribution is 2.29. The number of para-hydroxylation sites is 1. The maximum absolute atomic E-state index is 5.49. The topological polar surface area (TPSA) is 35.3 Å². The Bertz CT molecular complexity index is 396. The van der Waals surface area contributed by atoms with Crippen LogP contribution in [0.25, 0.3) is 11.1 Å². The van der Waals surface area contributed by atoms with E-state index in [0.29, 0.717) is 6.61 Å². The lowest BCUT2D eigenvalue weighted by molar-refractivity contribution is 0.341. The molecule has 0 atom stereocenters. The van der Waals surface area contributed by atoms with E-state index in [-0.39, 0.29) is 0 Å². The van der Waals surface area contributed by atoms with Gasteiger partial charge < -0.3 is 9.26 Å². The molecule has 3 heteroatoms. The van der Waals surface area contributed by atoms with E-state index in [2.05, 4.69) is 5.16 Å². The molecule has 0 unspecified atom stereocenters. The van der Waals surface area contributed by atoms with Crippen LogP contribution in [0.15, 0.2) is 41.2 Å². The molecule has 0 aliphatic rings. The van der Waals surface area contributed by atoms with Crippen LogP contribution in [0.3, 0.4) is 0 Å². The number of hydrogen-bond acceptors (Lipinski definition) is 3. The monoisotopic (exact) mass is 219 g/mol. The van der Waals surface area contributed by atoms with E-state index in [1.54, 1.807) is 12.5 Å². The minimum atomic E-state index is 0.655. The van der Waals surface area contributed by atoms with Gasteiger partial charge in [-0.15, -0.1) is 0 Å². The van der Waals surface area contributed by atoms with Crippen molar-refractivity contribution < 1.29 is 9.26 Å². The van der Waals surface area contributed by atoms with E-state index in [1.165, 1.54) is 0 Å². The summed E-state index contributed by atoms with van der Waals surface area (Å²) in [6, 6.07) is 7.83. The maximum Gasteiger partial charge on any atom is 0.131 e. The number of nitrogens with zero attached hydrogens (tertiary/aromatic N) is 1. The molecule has 0 amide bonds. The average molecular weight is 219 g/mol. The molecule has 0 fully saturated rings. The number of aromatic nitrogens is 1. The quantitative estimate of drug-likeness (QED) is 0.788. The zero-order valence-corrected chi connectivity index (χ0v) is 9.93. The summed E-state index contributed by atoms with van der Waals surface area (Å²) in [6.45, 7) is 6.62. The van der Waals surface area contributed by atoms with Crippen molar-refractivity contribution in [3.63, 3.8) is 0 Å². The molecule has 3 nitrogen and oxygen atoms in total. The molecule has 2 rings (SSSR count). The summed E-state index contributed by atoms with van der Waals surface area (Å²) in [5, 5.41) is 3.67. The zero-order valence-electron chi connectivity index (χ0n) is 9.93. The van der Waals surface area contributed by atoms with Crippen molar-refractivity contribution >= 4 is 0 Å². The van der Waals surface area contributed by atoms with E-state index < -0.39 is 0 Å². The largest absolute Gasteiger partial charge is 0.493 e. The predicted molar refractivity (Wildman–Crippen MR) is 64.5 cm³/mol. The first-order valence-corrected chi connectivity index (χ1v) is 5.53. The van der Waals surface area contributed by atoms with Crippen LogP contribution in [0, 0.1) is 0 Å². The van der Waals surface area contributed by atoms with Gasteiger partial charge in [0.15, 0.2) is 0 Å². The summed E-state index contributed by atoms with van der Waals surface area (Å²) < 4.78 is 10.3. The van der Waals surface area contributed by atoms with Crippen LogP contribution in [0.5, 0.6) is 5.75 Å². The summed E-state index contributed by atoms with van der Waals surface area (Å²) >= 11 is 0. The second-order valence-corrected chi connectivity index (χ2v) is 2.84. The van der Waals surface area contributed by atoms with Gasteiger partial charge in [0.1, 0.15) is 12.0 Å². The zero-order chi connectivity index (χ0) is 11.8. The van der Waals surface area contributed by atoms with Crippen molar-refractivity contribution in [2.75, 3.05) is 6.61 Å². The van der Waals surface area contributed by atoms with Crippen molar-refractivity contribution in [3.05, 3.63) is 36.7 Å². The van der Waals surface area contributed by atoms with Crippen molar-refractivity contribution in [1.29, 1.82) is 0 Å². The summed E-state index contributed by atoms with van der Waals surface area (Å²) in [4.78, 5) is 0. The number of benzene rings is 1. The Morgan fingerprint density at radius 3 is 2.62 bits per heavy atom. The fourth-order valence-electron chi connectivity index (χ4n) is 1.32. The molecule has 0 aliphatic carbocycles. The second kappa shape index (κ2) is 6.67. The Kier molecular flexibility index (Phi) is 5.12. The number of hydrogen-bond donors (Lipinski definition) is 0. The fraction of sp³-hybridized carbons (Fsp3) is 0.308. The molecule has 2 aromatic rings. The highest BCUT2D eigenvalue weighted by molar-refractivity contribution is 5.68. The van der Waals surface area contributed by atoms with Gasteiger partial charge in [-0.05, 0) is 13.0 Å². The Labute approximate surface area is 96.0 Å². The van der Waals surface area contributed by atoms with Crippen molar-refractivity contribution in [1.82, 2.24) is 5.16 Å². The van der Waals surface area contributed by atoms with E-state index >= 15 is 0 Å². The SMILES string of the molecule is CC.CCOc1ccccc1-c1cnoc1. The van der Waals surface area contributed by atoms with Crippen LogP contribution in [0.4, 0.5) is 0 Å². The van der Waals surface area contributed by atoms with Gasteiger partial charge in [0.2, 0.25) is 0 Å². The van der Waals surface area contributed by atoms with E-state index in [0.717, 1.165) is 16.9 Å². The van der Waals surface area contributed by atoms with Gasteiger partial charge in [0, 0.05) is 11.1 Å².